The van der Waals surface area contributed by atoms with Gasteiger partial charge in [0.1, 0.15) is 17.3 Å². The second-order valence-corrected chi connectivity index (χ2v) is 5.96. The molecule has 1 heterocycles. The maximum absolute atomic E-state index is 12.9. The molecular formula is C19H18FNO5. The fraction of sp³-hybridized carbons (Fsp3) is 0.263. The van der Waals surface area contributed by atoms with Crippen molar-refractivity contribution in [2.75, 3.05) is 6.61 Å². The Kier molecular flexibility index (Phi) is 5.06. The van der Waals surface area contributed by atoms with E-state index in [1.54, 1.807) is 18.2 Å². The summed E-state index contributed by atoms with van der Waals surface area (Å²) in [6.45, 7) is 2.06. The van der Waals surface area contributed by atoms with E-state index in [1.165, 1.54) is 31.2 Å². The van der Waals surface area contributed by atoms with Gasteiger partial charge in [-0.05, 0) is 54.4 Å². The van der Waals surface area contributed by atoms with Gasteiger partial charge in [0, 0.05) is 6.42 Å². The first-order valence-corrected chi connectivity index (χ1v) is 8.15. The predicted octanol–water partition coefficient (Wildman–Crippen LogP) is 2.47. The molecule has 2 aromatic carbocycles. The second kappa shape index (κ2) is 7.43. The molecule has 2 unspecified atom stereocenters. The first-order chi connectivity index (χ1) is 12.4. The fourth-order valence-corrected chi connectivity index (χ4v) is 2.70. The van der Waals surface area contributed by atoms with E-state index in [4.69, 9.17) is 9.47 Å². The summed E-state index contributed by atoms with van der Waals surface area (Å²) >= 11 is 0. The van der Waals surface area contributed by atoms with Gasteiger partial charge in [0.25, 0.3) is 5.91 Å². The quantitative estimate of drug-likeness (QED) is 0.828. The Morgan fingerprint density at radius 1 is 1.23 bits per heavy atom. The number of hydrogen-bond acceptors (Lipinski definition) is 4. The molecule has 6 nitrogen and oxygen atoms in total. The molecule has 2 N–H and O–H groups in total. The van der Waals surface area contributed by atoms with Gasteiger partial charge < -0.3 is 19.9 Å². The van der Waals surface area contributed by atoms with Crippen molar-refractivity contribution in [3.63, 3.8) is 0 Å². The van der Waals surface area contributed by atoms with Crippen LogP contribution >= 0.6 is 0 Å². The molecule has 0 radical (unpaired) electrons. The van der Waals surface area contributed by atoms with Gasteiger partial charge in [-0.25, -0.2) is 9.18 Å². The minimum Gasteiger partial charge on any atom is -0.493 e. The van der Waals surface area contributed by atoms with Gasteiger partial charge in [-0.2, -0.15) is 0 Å². The summed E-state index contributed by atoms with van der Waals surface area (Å²) in [6.07, 6.45) is -0.242. The molecule has 0 saturated heterocycles. The molecular weight excluding hydrogens is 341 g/mol. The van der Waals surface area contributed by atoms with Crippen molar-refractivity contribution >= 4 is 11.9 Å². The normalized spacial score (nSPS) is 14.7. The highest BCUT2D eigenvalue weighted by atomic mass is 19.1. The first-order valence-electron chi connectivity index (χ1n) is 8.15. The van der Waals surface area contributed by atoms with Gasteiger partial charge in [0.15, 0.2) is 12.1 Å². The molecule has 3 rings (SSSR count). The number of aliphatic carboxylic acids is 1. The summed E-state index contributed by atoms with van der Waals surface area (Å²) in [6, 6.07) is 9.08. The number of carbonyl (C=O) groups excluding carboxylic acids is 1. The standard InChI is InChI=1S/C19H18FNO5/c1-11(26-15-5-3-14(20)4-6-15)18(22)21-17(19(23)24)13-2-7-16-12(10-13)8-9-25-16/h2-7,10-11,17H,8-9H2,1H3,(H,21,22)(H,23,24). The van der Waals surface area contributed by atoms with Crippen LogP contribution in [0.4, 0.5) is 4.39 Å². The monoisotopic (exact) mass is 359 g/mol. The number of benzene rings is 2. The average Bonchev–Trinajstić information content (AvgIpc) is 3.08. The number of fused-ring (bicyclic) bond motifs is 1. The average molecular weight is 359 g/mol. The van der Waals surface area contributed by atoms with Crippen molar-refractivity contribution < 1.29 is 28.6 Å². The van der Waals surface area contributed by atoms with E-state index in [2.05, 4.69) is 5.32 Å². The van der Waals surface area contributed by atoms with Gasteiger partial charge in [-0.1, -0.05) is 6.07 Å². The Morgan fingerprint density at radius 3 is 2.65 bits per heavy atom. The van der Waals surface area contributed by atoms with E-state index in [0.29, 0.717) is 24.3 Å². The van der Waals surface area contributed by atoms with Crippen molar-refractivity contribution in [1.29, 1.82) is 0 Å². The first kappa shape index (κ1) is 17.7. The van der Waals surface area contributed by atoms with Crippen molar-refractivity contribution in [3.8, 4) is 11.5 Å². The SMILES string of the molecule is CC(Oc1ccc(F)cc1)C(=O)NC(C(=O)O)c1ccc2c(c1)CCO2. The van der Waals surface area contributed by atoms with Crippen LogP contribution in [0.5, 0.6) is 11.5 Å². The number of halogens is 1. The molecule has 26 heavy (non-hydrogen) atoms. The number of ether oxygens (including phenoxy) is 2. The lowest BCUT2D eigenvalue weighted by Crippen LogP contribution is -2.41. The molecule has 0 fully saturated rings. The Balaban J connectivity index is 1.70. The molecule has 7 heteroatoms. The zero-order chi connectivity index (χ0) is 18.7. The van der Waals surface area contributed by atoms with Crippen LogP contribution in [-0.2, 0) is 16.0 Å². The lowest BCUT2D eigenvalue weighted by atomic mass is 10.0. The Morgan fingerprint density at radius 2 is 1.96 bits per heavy atom. The molecule has 1 aliphatic heterocycles. The largest absolute Gasteiger partial charge is 0.493 e. The number of rotatable bonds is 6. The van der Waals surface area contributed by atoms with Crippen LogP contribution in [0.15, 0.2) is 42.5 Å². The van der Waals surface area contributed by atoms with Gasteiger partial charge in [0.05, 0.1) is 6.61 Å². The van der Waals surface area contributed by atoms with E-state index in [1.807, 2.05) is 0 Å². The molecule has 2 aromatic rings. The summed E-state index contributed by atoms with van der Waals surface area (Å²) in [5.41, 5.74) is 1.38. The van der Waals surface area contributed by atoms with Crippen LogP contribution in [-0.4, -0.2) is 29.7 Å². The maximum Gasteiger partial charge on any atom is 0.330 e. The summed E-state index contributed by atoms with van der Waals surface area (Å²) in [5, 5.41) is 12.0. The van der Waals surface area contributed by atoms with E-state index in [-0.39, 0.29) is 0 Å². The van der Waals surface area contributed by atoms with Gasteiger partial charge in [0.2, 0.25) is 0 Å². The van der Waals surface area contributed by atoms with E-state index in [9.17, 15) is 19.1 Å². The molecule has 0 aliphatic carbocycles. The van der Waals surface area contributed by atoms with Crippen LogP contribution in [0, 0.1) is 5.82 Å². The smallest absolute Gasteiger partial charge is 0.330 e. The molecule has 0 aromatic heterocycles. The van der Waals surface area contributed by atoms with Gasteiger partial charge in [-0.15, -0.1) is 0 Å². The highest BCUT2D eigenvalue weighted by molar-refractivity contribution is 5.87. The highest BCUT2D eigenvalue weighted by Gasteiger charge is 2.27. The number of carboxylic acids is 1. The summed E-state index contributed by atoms with van der Waals surface area (Å²) < 4.78 is 23.8. The zero-order valence-electron chi connectivity index (χ0n) is 14.1. The third-order valence-electron chi connectivity index (χ3n) is 4.08. The number of amides is 1. The zero-order valence-corrected chi connectivity index (χ0v) is 14.1. The van der Waals surface area contributed by atoms with Crippen molar-refractivity contribution in [3.05, 3.63) is 59.4 Å². The van der Waals surface area contributed by atoms with Crippen LogP contribution in [0.2, 0.25) is 0 Å². The Hall–Kier alpha value is -3.09. The van der Waals surface area contributed by atoms with Gasteiger partial charge in [-0.3, -0.25) is 4.79 Å². The van der Waals surface area contributed by atoms with Crippen LogP contribution < -0.4 is 14.8 Å². The van der Waals surface area contributed by atoms with Crippen LogP contribution in [0.25, 0.3) is 0 Å². The van der Waals surface area contributed by atoms with Crippen molar-refractivity contribution in [2.45, 2.75) is 25.5 Å². The van der Waals surface area contributed by atoms with Crippen molar-refractivity contribution in [2.24, 2.45) is 0 Å². The molecule has 0 bridgehead atoms. The van der Waals surface area contributed by atoms with E-state index >= 15 is 0 Å². The fourth-order valence-electron chi connectivity index (χ4n) is 2.70. The summed E-state index contributed by atoms with van der Waals surface area (Å²) in [7, 11) is 0. The van der Waals surface area contributed by atoms with Gasteiger partial charge >= 0.3 is 5.97 Å². The summed E-state index contributed by atoms with van der Waals surface area (Å²) in [4.78, 5) is 24.0. The maximum atomic E-state index is 12.9. The Bertz CT molecular complexity index is 821. The third kappa shape index (κ3) is 3.93. The summed E-state index contributed by atoms with van der Waals surface area (Å²) in [5.74, 6) is -1.13. The minimum atomic E-state index is -1.20. The highest BCUT2D eigenvalue weighted by Crippen LogP contribution is 2.28. The number of carboxylic acid groups (broad SMARTS) is 1. The van der Waals surface area contributed by atoms with Crippen molar-refractivity contribution in [1.82, 2.24) is 5.32 Å². The molecule has 1 aliphatic rings. The Labute approximate surface area is 149 Å². The molecule has 1 amide bonds. The molecule has 2 atom stereocenters. The number of carbonyl (C=O) groups is 2. The molecule has 0 saturated carbocycles. The molecule has 136 valence electrons. The van der Waals surface area contributed by atoms with Crippen LogP contribution in [0.1, 0.15) is 24.1 Å². The topological polar surface area (TPSA) is 84.9 Å². The molecule has 0 spiro atoms. The minimum absolute atomic E-state index is 0.315. The number of nitrogens with one attached hydrogen (secondary N) is 1. The predicted molar refractivity (Wildman–Crippen MR) is 90.7 cm³/mol. The second-order valence-electron chi connectivity index (χ2n) is 5.96. The lowest BCUT2D eigenvalue weighted by molar-refractivity contribution is -0.143. The van der Waals surface area contributed by atoms with E-state index in [0.717, 1.165) is 11.3 Å². The van der Waals surface area contributed by atoms with E-state index < -0.39 is 29.8 Å². The lowest BCUT2D eigenvalue weighted by Gasteiger charge is -2.19. The third-order valence-corrected chi connectivity index (χ3v) is 4.08. The van der Waals surface area contributed by atoms with Crippen LogP contribution in [0.3, 0.4) is 0 Å². The number of hydrogen-bond donors (Lipinski definition) is 2.